The predicted octanol–water partition coefficient (Wildman–Crippen LogP) is 1.40. The lowest BCUT2D eigenvalue weighted by Gasteiger charge is -2.40. The van der Waals surface area contributed by atoms with Gasteiger partial charge >= 0.3 is 0 Å². The summed E-state index contributed by atoms with van der Waals surface area (Å²) in [4.78, 5) is 0. The van der Waals surface area contributed by atoms with Crippen molar-refractivity contribution in [2.45, 2.75) is 43.5 Å². The fourth-order valence-electron chi connectivity index (χ4n) is 3.84. The minimum Gasteiger partial charge on any atom is -0.394 e. The normalized spacial score (nSPS) is 27.9. The van der Waals surface area contributed by atoms with Crippen molar-refractivity contribution in [3.05, 3.63) is 71.9 Å². The fourth-order valence-corrected chi connectivity index (χ4v) is 3.84. The van der Waals surface area contributed by atoms with E-state index in [2.05, 4.69) is 16.7 Å². The molecule has 148 valence electrons. The van der Waals surface area contributed by atoms with Crippen LogP contribution in [-0.2, 0) is 17.7 Å². The van der Waals surface area contributed by atoms with Gasteiger partial charge in [0, 0.05) is 18.3 Å². The van der Waals surface area contributed by atoms with Crippen molar-refractivity contribution in [2.24, 2.45) is 0 Å². The zero-order valence-electron chi connectivity index (χ0n) is 15.4. The highest BCUT2D eigenvalue weighted by atomic mass is 16.5. The predicted molar refractivity (Wildman–Crippen MR) is 105 cm³/mol. The summed E-state index contributed by atoms with van der Waals surface area (Å²) in [6.45, 7) is 0.378. The van der Waals surface area contributed by atoms with Crippen LogP contribution in [0.3, 0.4) is 0 Å². The average molecular weight is 383 g/mol. The number of aromatic nitrogens is 1. The summed E-state index contributed by atoms with van der Waals surface area (Å²) in [5, 5.41) is 40.9. The Balaban J connectivity index is 1.60. The van der Waals surface area contributed by atoms with Crippen LogP contribution in [0.5, 0.6) is 0 Å². The van der Waals surface area contributed by atoms with Crippen LogP contribution in [0.15, 0.2) is 60.8 Å². The maximum absolute atomic E-state index is 10.4. The van der Waals surface area contributed by atoms with Gasteiger partial charge in [0.1, 0.15) is 30.5 Å². The van der Waals surface area contributed by atoms with Gasteiger partial charge < -0.3 is 29.7 Å². The summed E-state index contributed by atoms with van der Waals surface area (Å²) in [5.74, 6) is 0. The van der Waals surface area contributed by atoms with Crippen molar-refractivity contribution in [1.29, 1.82) is 0 Å². The van der Waals surface area contributed by atoms with E-state index in [1.54, 1.807) is 0 Å². The molecule has 4 N–H and O–H groups in total. The van der Waals surface area contributed by atoms with Crippen LogP contribution in [0.25, 0.3) is 10.9 Å². The number of hydrogen-bond acceptors (Lipinski definition) is 5. The van der Waals surface area contributed by atoms with E-state index in [9.17, 15) is 20.4 Å². The lowest BCUT2D eigenvalue weighted by atomic mass is 9.91. The minimum absolute atomic E-state index is 0.433. The quantitative estimate of drug-likeness (QED) is 0.534. The molecular formula is C22H25NO5. The molecule has 1 saturated heterocycles. The van der Waals surface area contributed by atoms with E-state index in [1.165, 1.54) is 5.56 Å². The monoisotopic (exact) mass is 383 g/mol. The van der Waals surface area contributed by atoms with Gasteiger partial charge in [-0.2, -0.15) is 0 Å². The van der Waals surface area contributed by atoms with E-state index in [1.807, 2.05) is 48.7 Å². The van der Waals surface area contributed by atoms with Gasteiger partial charge in [-0.25, -0.2) is 0 Å². The summed E-state index contributed by atoms with van der Waals surface area (Å²) in [6, 6.07) is 18.0. The molecule has 0 unspecified atom stereocenters. The average Bonchev–Trinajstić information content (AvgIpc) is 3.14. The van der Waals surface area contributed by atoms with Crippen molar-refractivity contribution < 1.29 is 25.2 Å². The lowest BCUT2D eigenvalue weighted by molar-refractivity contribution is -0.231. The zero-order chi connectivity index (χ0) is 19.7. The molecule has 4 rings (SSSR count). The van der Waals surface area contributed by atoms with Crippen LogP contribution in [0.4, 0.5) is 0 Å². The lowest BCUT2D eigenvalue weighted by Crippen LogP contribution is -2.55. The highest BCUT2D eigenvalue weighted by molar-refractivity contribution is 5.81. The molecule has 1 aliphatic rings. The molecule has 0 aliphatic carbocycles. The highest BCUT2D eigenvalue weighted by Gasteiger charge is 2.43. The molecule has 0 amide bonds. The van der Waals surface area contributed by atoms with Crippen LogP contribution in [-0.4, -0.2) is 56.0 Å². The van der Waals surface area contributed by atoms with Crippen molar-refractivity contribution >= 4 is 10.9 Å². The van der Waals surface area contributed by atoms with Crippen molar-refractivity contribution in [1.82, 2.24) is 4.57 Å². The zero-order valence-corrected chi connectivity index (χ0v) is 15.4. The molecule has 1 fully saturated rings. The molecule has 2 heterocycles. The van der Waals surface area contributed by atoms with E-state index in [0.29, 0.717) is 5.56 Å². The maximum atomic E-state index is 10.4. The SMILES string of the molecule is OC[C@H]1O[C@@H](c2ccc3ccn(CCc4ccccc4)c3c2)[C@H](O)[C@@H](O)[C@@H]1O. The Hall–Kier alpha value is -2.22. The van der Waals surface area contributed by atoms with Gasteiger partial charge in [-0.15, -0.1) is 0 Å². The number of ether oxygens (including phenoxy) is 1. The number of aliphatic hydroxyl groups is 4. The molecule has 5 atom stereocenters. The van der Waals surface area contributed by atoms with Gasteiger partial charge in [-0.1, -0.05) is 42.5 Å². The van der Waals surface area contributed by atoms with Gasteiger partial charge in [0.25, 0.3) is 0 Å². The van der Waals surface area contributed by atoms with Crippen molar-refractivity contribution in [2.75, 3.05) is 6.61 Å². The number of rotatable bonds is 5. The van der Waals surface area contributed by atoms with Gasteiger partial charge in [0.05, 0.1) is 6.61 Å². The third-order valence-electron chi connectivity index (χ3n) is 5.50. The summed E-state index contributed by atoms with van der Waals surface area (Å²) in [6.07, 6.45) is -2.81. The first-order valence-electron chi connectivity index (χ1n) is 9.51. The number of aryl methyl sites for hydroxylation is 2. The second-order valence-corrected chi connectivity index (χ2v) is 7.31. The second-order valence-electron chi connectivity index (χ2n) is 7.31. The van der Waals surface area contributed by atoms with Crippen LogP contribution in [0.1, 0.15) is 17.2 Å². The summed E-state index contributed by atoms with van der Waals surface area (Å²) in [7, 11) is 0. The standard InChI is InChI=1S/C22H25NO5/c24-13-18-19(25)20(26)21(27)22(28-18)16-7-6-15-9-11-23(17(15)12-16)10-8-14-4-2-1-3-5-14/h1-7,9,11-12,18-22,24-27H,8,10,13H2/t18-,19-,20+,21-,22+/m1/s1. The molecule has 3 aromatic rings. The summed E-state index contributed by atoms with van der Waals surface area (Å²) in [5.41, 5.74) is 2.96. The molecule has 0 bridgehead atoms. The Morgan fingerprint density at radius 3 is 2.43 bits per heavy atom. The number of benzene rings is 2. The number of fused-ring (bicyclic) bond motifs is 1. The first-order valence-corrected chi connectivity index (χ1v) is 9.51. The number of nitrogens with zero attached hydrogens (tertiary/aromatic N) is 1. The fraction of sp³-hybridized carbons (Fsp3) is 0.364. The first kappa shape index (κ1) is 19.1. The van der Waals surface area contributed by atoms with E-state index in [0.717, 1.165) is 23.9 Å². The van der Waals surface area contributed by atoms with Gasteiger partial charge in [-0.05, 0) is 35.1 Å². The molecule has 0 radical (unpaired) electrons. The van der Waals surface area contributed by atoms with E-state index < -0.39 is 37.1 Å². The molecule has 2 aromatic carbocycles. The molecule has 0 spiro atoms. The van der Waals surface area contributed by atoms with E-state index >= 15 is 0 Å². The highest BCUT2D eigenvalue weighted by Crippen LogP contribution is 2.34. The van der Waals surface area contributed by atoms with Gasteiger partial charge in [0.15, 0.2) is 0 Å². The Kier molecular flexibility index (Phi) is 5.48. The summed E-state index contributed by atoms with van der Waals surface area (Å²) < 4.78 is 7.84. The number of hydrogen-bond donors (Lipinski definition) is 4. The molecule has 6 nitrogen and oxygen atoms in total. The maximum Gasteiger partial charge on any atom is 0.113 e. The second kappa shape index (κ2) is 8.03. The molecule has 1 aromatic heterocycles. The van der Waals surface area contributed by atoms with Crippen LogP contribution >= 0.6 is 0 Å². The van der Waals surface area contributed by atoms with Crippen LogP contribution < -0.4 is 0 Å². The molecular weight excluding hydrogens is 358 g/mol. The van der Waals surface area contributed by atoms with Gasteiger partial charge in [-0.3, -0.25) is 0 Å². The molecule has 28 heavy (non-hydrogen) atoms. The van der Waals surface area contributed by atoms with E-state index in [4.69, 9.17) is 4.74 Å². The minimum atomic E-state index is -1.38. The van der Waals surface area contributed by atoms with E-state index in [-0.39, 0.29) is 0 Å². The molecule has 0 saturated carbocycles. The largest absolute Gasteiger partial charge is 0.394 e. The first-order chi connectivity index (χ1) is 13.6. The Morgan fingerprint density at radius 2 is 1.68 bits per heavy atom. The Labute approximate surface area is 163 Å². The van der Waals surface area contributed by atoms with Gasteiger partial charge in [0.2, 0.25) is 0 Å². The Morgan fingerprint density at radius 1 is 0.893 bits per heavy atom. The molecule has 1 aliphatic heterocycles. The third-order valence-corrected chi connectivity index (χ3v) is 5.50. The van der Waals surface area contributed by atoms with Crippen LogP contribution in [0.2, 0.25) is 0 Å². The number of aliphatic hydroxyl groups excluding tert-OH is 4. The van der Waals surface area contributed by atoms with Crippen LogP contribution in [0, 0.1) is 0 Å². The Bertz CT molecular complexity index is 923. The third kappa shape index (κ3) is 3.57. The molecule has 6 heteroatoms. The smallest absolute Gasteiger partial charge is 0.113 e. The summed E-state index contributed by atoms with van der Waals surface area (Å²) >= 11 is 0. The topological polar surface area (TPSA) is 95.1 Å². The van der Waals surface area contributed by atoms with Crippen molar-refractivity contribution in [3.63, 3.8) is 0 Å². The van der Waals surface area contributed by atoms with Crippen molar-refractivity contribution in [3.8, 4) is 0 Å².